The summed E-state index contributed by atoms with van der Waals surface area (Å²) >= 11 is 0. The molecule has 0 N–H and O–H groups in total. The Kier molecular flexibility index (Phi) is 8.36. The summed E-state index contributed by atoms with van der Waals surface area (Å²) in [6, 6.07) is 10.3. The van der Waals surface area contributed by atoms with Crippen LogP contribution in [0, 0.1) is 5.92 Å². The molecule has 0 saturated carbocycles. The molecular weight excluding hydrogens is 338 g/mol. The first kappa shape index (κ1) is 21.5. The second-order valence-electron chi connectivity index (χ2n) is 8.17. The third-order valence-electron chi connectivity index (χ3n) is 4.71. The Bertz CT molecular complexity index is 591. The van der Waals surface area contributed by atoms with Crippen LogP contribution in [-0.2, 0) is 9.47 Å². The number of hydrogen-bond donors (Lipinski definition) is 0. The van der Waals surface area contributed by atoms with Crippen molar-refractivity contribution in [2.24, 2.45) is 5.92 Å². The molecule has 4 heteroatoms. The van der Waals surface area contributed by atoms with Gasteiger partial charge < -0.3 is 9.47 Å². The average molecular weight is 374 g/mol. The van der Waals surface area contributed by atoms with E-state index in [4.69, 9.17) is 9.47 Å². The fraction of sp³-hybridized carbons (Fsp3) is 0.609. The maximum absolute atomic E-state index is 12.7. The predicted octanol–water partition coefficient (Wildman–Crippen LogP) is 5.88. The van der Waals surface area contributed by atoms with Crippen LogP contribution >= 0.6 is 0 Å². The van der Waals surface area contributed by atoms with Crippen molar-refractivity contribution in [2.45, 2.75) is 71.6 Å². The Morgan fingerprint density at radius 3 is 2.63 bits per heavy atom. The van der Waals surface area contributed by atoms with Crippen molar-refractivity contribution in [3.63, 3.8) is 0 Å². The van der Waals surface area contributed by atoms with Gasteiger partial charge in [0.1, 0.15) is 11.8 Å². The van der Waals surface area contributed by atoms with E-state index in [9.17, 15) is 4.79 Å². The summed E-state index contributed by atoms with van der Waals surface area (Å²) in [6.45, 7) is 9.01. The van der Waals surface area contributed by atoms with Gasteiger partial charge in [0, 0.05) is 19.1 Å². The van der Waals surface area contributed by atoms with Crippen LogP contribution in [-0.4, -0.2) is 36.0 Å². The Labute approximate surface area is 164 Å². The van der Waals surface area contributed by atoms with Gasteiger partial charge in [-0.2, -0.15) is 0 Å². The molecule has 2 rings (SSSR count). The first-order valence-corrected chi connectivity index (χ1v) is 10.2. The fourth-order valence-electron chi connectivity index (χ4n) is 3.51. The van der Waals surface area contributed by atoms with Gasteiger partial charge in [0.15, 0.2) is 0 Å². The SMILES string of the molecule is CCOC1C(CC/C=C/c2ccccc2)CCCCN1C(=O)OC(C)(C)C. The highest BCUT2D eigenvalue weighted by molar-refractivity contribution is 5.68. The molecule has 2 atom stereocenters. The molecule has 1 amide bonds. The van der Waals surface area contributed by atoms with Crippen molar-refractivity contribution in [1.82, 2.24) is 4.90 Å². The monoisotopic (exact) mass is 373 g/mol. The van der Waals surface area contributed by atoms with Crippen molar-refractivity contribution < 1.29 is 14.3 Å². The van der Waals surface area contributed by atoms with Crippen LogP contribution in [0.5, 0.6) is 0 Å². The molecule has 1 saturated heterocycles. The summed E-state index contributed by atoms with van der Waals surface area (Å²) < 4.78 is 11.7. The molecule has 1 aliphatic heterocycles. The second-order valence-corrected chi connectivity index (χ2v) is 8.17. The first-order chi connectivity index (χ1) is 12.9. The van der Waals surface area contributed by atoms with E-state index in [-0.39, 0.29) is 12.3 Å². The zero-order chi connectivity index (χ0) is 19.7. The van der Waals surface area contributed by atoms with Gasteiger partial charge in [0.05, 0.1) is 0 Å². The number of amides is 1. The van der Waals surface area contributed by atoms with Crippen LogP contribution in [0.2, 0.25) is 0 Å². The number of carbonyl (C=O) groups is 1. The molecule has 1 aliphatic rings. The lowest BCUT2D eigenvalue weighted by Gasteiger charge is -2.35. The van der Waals surface area contributed by atoms with Crippen LogP contribution in [0.3, 0.4) is 0 Å². The molecule has 1 aromatic carbocycles. The first-order valence-electron chi connectivity index (χ1n) is 10.2. The number of carbonyl (C=O) groups excluding carboxylic acids is 1. The molecular formula is C23H35NO3. The zero-order valence-corrected chi connectivity index (χ0v) is 17.3. The van der Waals surface area contributed by atoms with E-state index in [1.54, 1.807) is 0 Å². The summed E-state index contributed by atoms with van der Waals surface area (Å²) in [7, 11) is 0. The third kappa shape index (κ3) is 7.37. The highest BCUT2D eigenvalue weighted by Gasteiger charge is 2.35. The number of hydrogen-bond acceptors (Lipinski definition) is 3. The second kappa shape index (κ2) is 10.5. The lowest BCUT2D eigenvalue weighted by molar-refractivity contribution is -0.0886. The Balaban J connectivity index is 2.01. The molecule has 1 heterocycles. The van der Waals surface area contributed by atoms with E-state index < -0.39 is 5.60 Å². The van der Waals surface area contributed by atoms with Gasteiger partial charge >= 0.3 is 6.09 Å². The molecule has 150 valence electrons. The molecule has 0 aromatic heterocycles. The average Bonchev–Trinajstić information content (AvgIpc) is 2.81. The lowest BCUT2D eigenvalue weighted by Crippen LogP contribution is -2.47. The fourth-order valence-corrected chi connectivity index (χ4v) is 3.51. The minimum atomic E-state index is -0.492. The van der Waals surface area contributed by atoms with Crippen LogP contribution < -0.4 is 0 Å². The van der Waals surface area contributed by atoms with E-state index in [0.717, 1.165) is 32.1 Å². The number of benzene rings is 1. The van der Waals surface area contributed by atoms with E-state index in [2.05, 4.69) is 36.4 Å². The van der Waals surface area contributed by atoms with Gasteiger partial charge in [0.25, 0.3) is 0 Å². The highest BCUT2D eigenvalue weighted by Crippen LogP contribution is 2.29. The molecule has 0 spiro atoms. The molecule has 4 nitrogen and oxygen atoms in total. The van der Waals surface area contributed by atoms with Crippen molar-refractivity contribution in [3.8, 4) is 0 Å². The van der Waals surface area contributed by atoms with Gasteiger partial charge in [-0.1, -0.05) is 48.9 Å². The quantitative estimate of drug-likeness (QED) is 0.625. The minimum Gasteiger partial charge on any atom is -0.444 e. The summed E-state index contributed by atoms with van der Waals surface area (Å²) in [5, 5.41) is 0. The van der Waals surface area contributed by atoms with Crippen molar-refractivity contribution >= 4 is 12.2 Å². The largest absolute Gasteiger partial charge is 0.444 e. The predicted molar refractivity (Wildman–Crippen MR) is 110 cm³/mol. The highest BCUT2D eigenvalue weighted by atomic mass is 16.6. The number of likely N-dealkylation sites (tertiary alicyclic amines) is 1. The number of nitrogens with zero attached hydrogens (tertiary/aromatic N) is 1. The van der Waals surface area contributed by atoms with Gasteiger partial charge in [-0.25, -0.2) is 4.79 Å². The van der Waals surface area contributed by atoms with Gasteiger partial charge in [-0.15, -0.1) is 0 Å². The topological polar surface area (TPSA) is 38.8 Å². The summed E-state index contributed by atoms with van der Waals surface area (Å²) in [4.78, 5) is 14.5. The van der Waals surface area contributed by atoms with Crippen LogP contribution in [0.25, 0.3) is 6.08 Å². The van der Waals surface area contributed by atoms with E-state index in [0.29, 0.717) is 19.1 Å². The normalized spacial score (nSPS) is 21.3. The van der Waals surface area contributed by atoms with E-state index >= 15 is 0 Å². The standard InChI is InChI=1S/C23H35NO3/c1-5-26-21-20(16-10-9-15-19-13-7-6-8-14-19)17-11-12-18-24(21)22(25)27-23(2,3)4/h6-9,13-15,20-21H,5,10-12,16-18H2,1-4H3/b15-9+. The van der Waals surface area contributed by atoms with Crippen LogP contribution in [0.15, 0.2) is 36.4 Å². The third-order valence-corrected chi connectivity index (χ3v) is 4.71. The Hall–Kier alpha value is -1.81. The molecule has 0 aliphatic carbocycles. The smallest absolute Gasteiger partial charge is 0.412 e. The van der Waals surface area contributed by atoms with Crippen molar-refractivity contribution in [3.05, 3.63) is 42.0 Å². The summed E-state index contributed by atoms with van der Waals surface area (Å²) in [5.41, 5.74) is 0.726. The van der Waals surface area contributed by atoms with Crippen molar-refractivity contribution in [1.29, 1.82) is 0 Å². The summed E-state index contributed by atoms with van der Waals surface area (Å²) in [5.74, 6) is 0.334. The van der Waals surface area contributed by atoms with Crippen LogP contribution in [0.1, 0.15) is 65.4 Å². The molecule has 2 unspecified atom stereocenters. The zero-order valence-electron chi connectivity index (χ0n) is 17.3. The summed E-state index contributed by atoms with van der Waals surface area (Å²) in [6.07, 6.45) is 9.13. The Morgan fingerprint density at radius 2 is 1.96 bits per heavy atom. The number of rotatable bonds is 6. The van der Waals surface area contributed by atoms with E-state index in [1.807, 2.05) is 38.7 Å². The Morgan fingerprint density at radius 1 is 1.22 bits per heavy atom. The van der Waals surface area contributed by atoms with Gasteiger partial charge in [-0.3, -0.25) is 4.90 Å². The minimum absolute atomic E-state index is 0.197. The molecule has 0 bridgehead atoms. The molecule has 0 radical (unpaired) electrons. The van der Waals surface area contributed by atoms with Crippen LogP contribution in [0.4, 0.5) is 4.79 Å². The number of ether oxygens (including phenoxy) is 2. The van der Waals surface area contributed by atoms with Gasteiger partial charge in [0.2, 0.25) is 0 Å². The molecule has 1 aromatic rings. The lowest BCUT2D eigenvalue weighted by atomic mass is 9.95. The number of allylic oxidation sites excluding steroid dienone is 1. The maximum Gasteiger partial charge on any atom is 0.412 e. The molecule has 1 fully saturated rings. The van der Waals surface area contributed by atoms with Gasteiger partial charge in [-0.05, 0) is 58.9 Å². The van der Waals surface area contributed by atoms with Crippen molar-refractivity contribution in [2.75, 3.05) is 13.2 Å². The molecule has 27 heavy (non-hydrogen) atoms. The van der Waals surface area contributed by atoms with E-state index in [1.165, 1.54) is 5.56 Å². The maximum atomic E-state index is 12.7.